The number of carbonyl (C=O) groups is 1. The molecular formula is C19H13Br2N5OS. The van der Waals surface area contributed by atoms with E-state index in [1.54, 1.807) is 6.92 Å². The fourth-order valence-corrected chi connectivity index (χ4v) is 3.89. The average molecular weight is 519 g/mol. The highest BCUT2D eigenvalue weighted by atomic mass is 79.9. The van der Waals surface area contributed by atoms with Crippen LogP contribution in [0.4, 0.5) is 10.8 Å². The Morgan fingerprint density at radius 2 is 1.68 bits per heavy atom. The lowest BCUT2D eigenvalue weighted by molar-refractivity contribution is -0.117. The van der Waals surface area contributed by atoms with E-state index < -0.39 is 6.04 Å². The van der Waals surface area contributed by atoms with Gasteiger partial charge in [0, 0.05) is 19.9 Å². The second-order valence-corrected chi connectivity index (χ2v) is 8.68. The molecule has 28 heavy (non-hydrogen) atoms. The van der Waals surface area contributed by atoms with Gasteiger partial charge < -0.3 is 0 Å². The molecule has 2 heterocycles. The summed E-state index contributed by atoms with van der Waals surface area (Å²) in [4.78, 5) is 17.4. The summed E-state index contributed by atoms with van der Waals surface area (Å²) in [5.74, 6) is -0.255. The maximum atomic E-state index is 12.8. The molecule has 6 nitrogen and oxygen atoms in total. The molecule has 0 saturated carbocycles. The van der Waals surface area contributed by atoms with Gasteiger partial charge in [0.25, 0.3) is 5.91 Å². The van der Waals surface area contributed by atoms with Gasteiger partial charge in [-0.15, -0.1) is 11.3 Å². The van der Waals surface area contributed by atoms with Crippen LogP contribution in [0.15, 0.2) is 78.2 Å². The largest absolute Gasteiger partial charge is 0.282 e. The molecule has 1 aliphatic rings. The summed E-state index contributed by atoms with van der Waals surface area (Å²) >= 11 is 8.17. The third-order valence-electron chi connectivity index (χ3n) is 4.02. The second kappa shape index (κ2) is 8.02. The van der Waals surface area contributed by atoms with Crippen LogP contribution in [0.2, 0.25) is 0 Å². The lowest BCUT2D eigenvalue weighted by Crippen LogP contribution is -2.29. The second-order valence-electron chi connectivity index (χ2n) is 6.01. The first-order valence-corrected chi connectivity index (χ1v) is 10.7. The van der Waals surface area contributed by atoms with Crippen LogP contribution in [-0.2, 0) is 4.79 Å². The minimum Gasteiger partial charge on any atom is -0.269 e. The van der Waals surface area contributed by atoms with Crippen LogP contribution in [-0.4, -0.2) is 22.6 Å². The Bertz CT molecular complexity index is 1080. The Labute approximate surface area is 182 Å². The van der Waals surface area contributed by atoms with Crippen molar-refractivity contribution < 1.29 is 4.79 Å². The van der Waals surface area contributed by atoms with E-state index in [2.05, 4.69) is 52.2 Å². The van der Waals surface area contributed by atoms with Crippen molar-refractivity contribution in [2.24, 2.45) is 15.3 Å². The number of nitrogens with zero attached hydrogens (tertiary/aromatic N) is 5. The van der Waals surface area contributed by atoms with E-state index in [0.29, 0.717) is 16.5 Å². The molecule has 9 heteroatoms. The SMILES string of the molecule is CC1=NN(c2nc(-c3ccc(Br)cc3)cs2)C(=O)C1N=Nc1ccc(Br)cc1. The molecule has 1 atom stereocenters. The summed E-state index contributed by atoms with van der Waals surface area (Å²) in [6.07, 6.45) is 0. The molecule has 0 spiro atoms. The van der Waals surface area contributed by atoms with Gasteiger partial charge in [-0.1, -0.05) is 44.0 Å². The summed E-state index contributed by atoms with van der Waals surface area (Å²) in [5.41, 5.74) is 3.04. The minimum atomic E-state index is -0.733. The van der Waals surface area contributed by atoms with Crippen molar-refractivity contribution in [2.75, 3.05) is 5.01 Å². The molecule has 0 saturated heterocycles. The van der Waals surface area contributed by atoms with Gasteiger partial charge in [0.2, 0.25) is 5.13 Å². The van der Waals surface area contributed by atoms with Crippen LogP contribution in [0.1, 0.15) is 6.92 Å². The smallest absolute Gasteiger partial charge is 0.269 e. The minimum absolute atomic E-state index is 0.255. The van der Waals surface area contributed by atoms with Gasteiger partial charge in [-0.25, -0.2) is 4.98 Å². The third kappa shape index (κ3) is 3.96. The Morgan fingerprint density at radius 1 is 1.04 bits per heavy atom. The predicted molar refractivity (Wildman–Crippen MR) is 118 cm³/mol. The summed E-state index contributed by atoms with van der Waals surface area (Å²) in [5, 5.41) is 16.5. The van der Waals surface area contributed by atoms with E-state index in [9.17, 15) is 4.79 Å². The lowest BCUT2D eigenvalue weighted by atomic mass is 10.2. The number of hydrazone groups is 1. The molecule has 140 valence electrons. The fraction of sp³-hybridized carbons (Fsp3) is 0.105. The van der Waals surface area contributed by atoms with Crippen molar-refractivity contribution in [3.63, 3.8) is 0 Å². The van der Waals surface area contributed by atoms with Crippen molar-refractivity contribution >= 4 is 65.6 Å². The van der Waals surface area contributed by atoms with Gasteiger partial charge in [0.1, 0.15) is 0 Å². The van der Waals surface area contributed by atoms with Gasteiger partial charge in [-0.05, 0) is 43.3 Å². The first-order valence-electron chi connectivity index (χ1n) is 8.28. The molecule has 1 amide bonds. The zero-order chi connectivity index (χ0) is 19.7. The first-order chi connectivity index (χ1) is 13.5. The number of thiazole rings is 1. The zero-order valence-corrected chi connectivity index (χ0v) is 18.6. The van der Waals surface area contributed by atoms with Crippen LogP contribution in [0.25, 0.3) is 11.3 Å². The van der Waals surface area contributed by atoms with Crippen LogP contribution in [0, 0.1) is 0 Å². The Morgan fingerprint density at radius 3 is 2.36 bits per heavy atom. The highest BCUT2D eigenvalue weighted by Crippen LogP contribution is 2.31. The number of rotatable bonds is 4. The van der Waals surface area contributed by atoms with Crippen molar-refractivity contribution in [3.05, 3.63) is 62.9 Å². The van der Waals surface area contributed by atoms with Gasteiger partial charge >= 0.3 is 0 Å². The van der Waals surface area contributed by atoms with Gasteiger partial charge in [0.05, 0.1) is 17.1 Å². The summed E-state index contributed by atoms with van der Waals surface area (Å²) in [7, 11) is 0. The summed E-state index contributed by atoms with van der Waals surface area (Å²) < 4.78 is 1.96. The number of azo groups is 1. The quantitative estimate of drug-likeness (QED) is 0.385. The number of hydrogen-bond donors (Lipinski definition) is 0. The van der Waals surface area contributed by atoms with E-state index in [1.165, 1.54) is 16.3 Å². The standard InChI is InChI=1S/C19H13Br2N5OS/c1-11-17(24-23-15-8-6-14(21)7-9-15)18(27)26(25-11)19-22-16(10-28-19)12-2-4-13(20)5-3-12/h2-10,17H,1H3. The number of carbonyl (C=O) groups excluding carboxylic acids is 1. The maximum Gasteiger partial charge on any atom is 0.282 e. The normalized spacial score (nSPS) is 16.8. The highest BCUT2D eigenvalue weighted by molar-refractivity contribution is 9.10. The first kappa shape index (κ1) is 19.1. The van der Waals surface area contributed by atoms with E-state index in [0.717, 1.165) is 20.2 Å². The van der Waals surface area contributed by atoms with Crippen molar-refractivity contribution in [2.45, 2.75) is 13.0 Å². The number of halogens is 2. The molecule has 3 aromatic rings. The van der Waals surface area contributed by atoms with Gasteiger partial charge in [-0.3, -0.25) is 4.79 Å². The van der Waals surface area contributed by atoms with Crippen LogP contribution < -0.4 is 5.01 Å². The molecule has 0 N–H and O–H groups in total. The molecule has 0 bridgehead atoms. The number of anilines is 1. The molecule has 0 aliphatic carbocycles. The average Bonchev–Trinajstić information content (AvgIpc) is 3.27. The molecule has 4 rings (SSSR count). The van der Waals surface area contributed by atoms with Gasteiger partial charge in [0.15, 0.2) is 6.04 Å². The molecule has 2 aromatic carbocycles. The number of aromatic nitrogens is 1. The zero-order valence-electron chi connectivity index (χ0n) is 14.6. The predicted octanol–water partition coefficient (Wildman–Crippen LogP) is 6.21. The fourth-order valence-electron chi connectivity index (χ4n) is 2.57. The van der Waals surface area contributed by atoms with Crippen molar-refractivity contribution in [1.29, 1.82) is 0 Å². The van der Waals surface area contributed by atoms with Gasteiger partial charge in [-0.2, -0.15) is 20.3 Å². The van der Waals surface area contributed by atoms with Crippen LogP contribution in [0.5, 0.6) is 0 Å². The number of benzene rings is 2. The Balaban J connectivity index is 1.53. The van der Waals surface area contributed by atoms with Crippen LogP contribution in [0.3, 0.4) is 0 Å². The molecular weight excluding hydrogens is 506 g/mol. The molecule has 0 fully saturated rings. The molecule has 1 aliphatic heterocycles. The summed E-state index contributed by atoms with van der Waals surface area (Å²) in [6.45, 7) is 1.77. The molecule has 0 radical (unpaired) electrons. The number of amides is 1. The third-order valence-corrected chi connectivity index (χ3v) is 5.90. The Hall–Kier alpha value is -2.23. The molecule has 1 unspecified atom stereocenters. The molecule has 1 aromatic heterocycles. The highest BCUT2D eigenvalue weighted by Gasteiger charge is 2.36. The number of hydrogen-bond acceptors (Lipinski definition) is 6. The van der Waals surface area contributed by atoms with E-state index in [1.807, 2.05) is 53.9 Å². The van der Waals surface area contributed by atoms with Crippen LogP contribution >= 0.6 is 43.2 Å². The van der Waals surface area contributed by atoms with E-state index in [4.69, 9.17) is 0 Å². The Kier molecular flexibility index (Phi) is 5.47. The van der Waals surface area contributed by atoms with E-state index >= 15 is 0 Å². The van der Waals surface area contributed by atoms with Crippen molar-refractivity contribution in [3.8, 4) is 11.3 Å². The van der Waals surface area contributed by atoms with E-state index in [-0.39, 0.29) is 5.91 Å². The monoisotopic (exact) mass is 517 g/mol. The lowest BCUT2D eigenvalue weighted by Gasteiger charge is -2.08. The maximum absolute atomic E-state index is 12.8. The summed E-state index contributed by atoms with van der Waals surface area (Å²) in [6, 6.07) is 14.5. The van der Waals surface area contributed by atoms with Crippen molar-refractivity contribution in [1.82, 2.24) is 4.98 Å². The topological polar surface area (TPSA) is 70.3 Å².